The van der Waals surface area contributed by atoms with Gasteiger partial charge < -0.3 is 15.5 Å². The van der Waals surface area contributed by atoms with Crippen LogP contribution in [0.2, 0.25) is 0 Å². The molecule has 0 aromatic heterocycles. The Morgan fingerprint density at radius 2 is 1.57 bits per heavy atom. The number of guanidine groups is 1. The van der Waals surface area contributed by atoms with Crippen molar-refractivity contribution in [1.29, 1.82) is 0 Å². The van der Waals surface area contributed by atoms with Crippen LogP contribution in [0, 0.1) is 0 Å². The molecule has 2 unspecified atom stereocenters. The summed E-state index contributed by atoms with van der Waals surface area (Å²) >= 11 is 0. The maximum atomic E-state index is 4.47. The molecule has 30 heavy (non-hydrogen) atoms. The molecule has 6 nitrogen and oxygen atoms in total. The minimum atomic E-state index is 0. The van der Waals surface area contributed by atoms with Crippen molar-refractivity contribution >= 4 is 29.9 Å². The Kier molecular flexibility index (Phi) is 11.4. The first-order valence-electron chi connectivity index (χ1n) is 11.4. The van der Waals surface area contributed by atoms with Crippen molar-refractivity contribution in [2.24, 2.45) is 4.99 Å². The van der Waals surface area contributed by atoms with E-state index in [0.717, 1.165) is 38.7 Å². The molecule has 0 spiro atoms. The molecule has 2 N–H and O–H groups in total. The fraction of sp³-hybridized carbons (Fsp3) is 0.696. The molecule has 2 heterocycles. The summed E-state index contributed by atoms with van der Waals surface area (Å²) in [6, 6.07) is 11.8. The maximum absolute atomic E-state index is 4.47. The van der Waals surface area contributed by atoms with Gasteiger partial charge in [0.2, 0.25) is 0 Å². The molecule has 3 rings (SSSR count). The number of halogens is 1. The van der Waals surface area contributed by atoms with Crippen molar-refractivity contribution in [2.45, 2.75) is 38.8 Å². The van der Waals surface area contributed by atoms with Gasteiger partial charge in [-0.3, -0.25) is 14.8 Å². The predicted molar refractivity (Wildman–Crippen MR) is 138 cm³/mol. The van der Waals surface area contributed by atoms with Gasteiger partial charge in [0.15, 0.2) is 5.96 Å². The number of nitrogens with one attached hydrogen (secondary N) is 2. The molecule has 0 aliphatic carbocycles. The predicted octanol–water partition coefficient (Wildman–Crippen LogP) is 2.63. The minimum Gasteiger partial charge on any atom is -0.355 e. The Morgan fingerprint density at radius 1 is 0.933 bits per heavy atom. The molecular formula is C23H41IN6. The summed E-state index contributed by atoms with van der Waals surface area (Å²) in [5.74, 6) is 0.907. The lowest BCUT2D eigenvalue weighted by Crippen LogP contribution is -2.53. The van der Waals surface area contributed by atoms with Crippen molar-refractivity contribution in [3.63, 3.8) is 0 Å². The summed E-state index contributed by atoms with van der Waals surface area (Å²) in [7, 11) is 1.87. The van der Waals surface area contributed by atoms with Crippen LogP contribution in [0.4, 0.5) is 0 Å². The van der Waals surface area contributed by atoms with E-state index in [2.05, 4.69) is 74.5 Å². The lowest BCUT2D eigenvalue weighted by molar-refractivity contribution is 0.107. The van der Waals surface area contributed by atoms with Gasteiger partial charge in [-0.25, -0.2) is 0 Å². The number of rotatable bonds is 8. The maximum Gasteiger partial charge on any atom is 0.191 e. The van der Waals surface area contributed by atoms with E-state index in [1.54, 1.807) is 0 Å². The van der Waals surface area contributed by atoms with E-state index in [-0.39, 0.29) is 24.0 Å². The first kappa shape index (κ1) is 25.4. The van der Waals surface area contributed by atoms with Crippen LogP contribution in [0.15, 0.2) is 35.3 Å². The average molecular weight is 529 g/mol. The number of hydrogen-bond acceptors (Lipinski definition) is 4. The van der Waals surface area contributed by atoms with Crippen LogP contribution in [-0.4, -0.2) is 92.7 Å². The highest BCUT2D eigenvalue weighted by atomic mass is 127. The fourth-order valence-electron chi connectivity index (χ4n) is 4.49. The van der Waals surface area contributed by atoms with Crippen LogP contribution >= 0.6 is 24.0 Å². The molecule has 2 aliphatic heterocycles. The number of piperazine rings is 1. The van der Waals surface area contributed by atoms with Crippen molar-refractivity contribution in [3.05, 3.63) is 35.9 Å². The van der Waals surface area contributed by atoms with Gasteiger partial charge in [-0.1, -0.05) is 37.3 Å². The smallest absolute Gasteiger partial charge is 0.191 e. The summed E-state index contributed by atoms with van der Waals surface area (Å²) in [5.41, 5.74) is 1.39. The number of nitrogens with zero attached hydrogens (tertiary/aromatic N) is 4. The lowest BCUT2D eigenvalue weighted by atomic mass is 10.1. The molecule has 0 bridgehead atoms. The lowest BCUT2D eigenvalue weighted by Gasteiger charge is -2.37. The Balaban J connectivity index is 0.00000320. The van der Waals surface area contributed by atoms with Crippen LogP contribution in [0.25, 0.3) is 0 Å². The highest BCUT2D eigenvalue weighted by Crippen LogP contribution is 2.24. The number of likely N-dealkylation sites (N-methyl/N-ethyl adjacent to an activating group) is 1. The molecule has 2 aliphatic rings. The number of hydrogen-bond donors (Lipinski definition) is 2. The van der Waals surface area contributed by atoms with E-state index in [1.165, 1.54) is 44.6 Å². The molecule has 2 saturated heterocycles. The first-order valence-corrected chi connectivity index (χ1v) is 11.4. The zero-order chi connectivity index (χ0) is 20.5. The Hall–Kier alpha value is -0.900. The molecule has 1 aromatic carbocycles. The van der Waals surface area contributed by atoms with Crippen molar-refractivity contribution in [2.75, 3.05) is 66.0 Å². The van der Waals surface area contributed by atoms with Crippen molar-refractivity contribution in [1.82, 2.24) is 25.3 Å². The Labute approximate surface area is 200 Å². The van der Waals surface area contributed by atoms with Gasteiger partial charge in [-0.2, -0.15) is 0 Å². The van der Waals surface area contributed by atoms with Gasteiger partial charge in [0, 0.05) is 52.4 Å². The molecule has 7 heteroatoms. The molecule has 0 saturated carbocycles. The fourth-order valence-corrected chi connectivity index (χ4v) is 4.49. The van der Waals surface area contributed by atoms with Crippen LogP contribution < -0.4 is 10.6 Å². The Bertz CT molecular complexity index is 611. The van der Waals surface area contributed by atoms with E-state index in [4.69, 9.17) is 0 Å². The van der Waals surface area contributed by atoms with E-state index < -0.39 is 0 Å². The third kappa shape index (κ3) is 7.35. The zero-order valence-electron chi connectivity index (χ0n) is 19.0. The van der Waals surface area contributed by atoms with Gasteiger partial charge in [0.25, 0.3) is 0 Å². The second-order valence-corrected chi connectivity index (χ2v) is 8.32. The monoisotopic (exact) mass is 528 g/mol. The number of likely N-dealkylation sites (tertiary alicyclic amines) is 1. The van der Waals surface area contributed by atoms with Crippen LogP contribution in [0.1, 0.15) is 38.3 Å². The topological polar surface area (TPSA) is 46.1 Å². The van der Waals surface area contributed by atoms with E-state index in [0.29, 0.717) is 12.1 Å². The minimum absolute atomic E-state index is 0. The summed E-state index contributed by atoms with van der Waals surface area (Å²) in [6.07, 6.45) is 2.61. The molecular weight excluding hydrogens is 487 g/mol. The number of aliphatic imine (C=N–C) groups is 1. The molecule has 2 fully saturated rings. The SMILES string of the molecule is CCN1CCN(C(C)CNC(=NC)NCC(c2ccccc2)N2CCCC2)CC1.I. The van der Waals surface area contributed by atoms with Crippen molar-refractivity contribution < 1.29 is 0 Å². The first-order chi connectivity index (χ1) is 14.2. The van der Waals surface area contributed by atoms with E-state index in [9.17, 15) is 0 Å². The summed E-state index contributed by atoms with van der Waals surface area (Å²) in [6.45, 7) is 14.6. The summed E-state index contributed by atoms with van der Waals surface area (Å²) < 4.78 is 0. The van der Waals surface area contributed by atoms with Gasteiger partial charge in [0.1, 0.15) is 0 Å². The van der Waals surface area contributed by atoms with Gasteiger partial charge in [0.05, 0.1) is 6.04 Å². The quantitative estimate of drug-likeness (QED) is 0.309. The summed E-state index contributed by atoms with van der Waals surface area (Å²) in [5, 5.41) is 7.14. The zero-order valence-corrected chi connectivity index (χ0v) is 21.3. The third-order valence-electron chi connectivity index (χ3n) is 6.49. The van der Waals surface area contributed by atoms with Gasteiger partial charge >= 0.3 is 0 Å². The average Bonchev–Trinajstić information content (AvgIpc) is 3.31. The largest absolute Gasteiger partial charge is 0.355 e. The molecule has 0 radical (unpaired) electrons. The third-order valence-corrected chi connectivity index (χ3v) is 6.49. The van der Waals surface area contributed by atoms with Gasteiger partial charge in [-0.05, 0) is 45.0 Å². The van der Waals surface area contributed by atoms with Crippen LogP contribution in [0.3, 0.4) is 0 Å². The highest BCUT2D eigenvalue weighted by molar-refractivity contribution is 14.0. The second-order valence-electron chi connectivity index (χ2n) is 8.32. The Morgan fingerprint density at radius 3 is 2.17 bits per heavy atom. The summed E-state index contributed by atoms with van der Waals surface area (Å²) in [4.78, 5) is 12.2. The molecule has 1 aromatic rings. The number of benzene rings is 1. The molecule has 170 valence electrons. The van der Waals surface area contributed by atoms with E-state index in [1.807, 2.05) is 7.05 Å². The standard InChI is InChI=1S/C23H40N6.HI/c1-4-27-14-16-28(17-15-27)20(2)18-25-23(24-3)26-19-22(29-12-8-9-13-29)21-10-6-5-7-11-21;/h5-7,10-11,20,22H,4,8-9,12-19H2,1-3H3,(H2,24,25,26);1H. The van der Waals surface area contributed by atoms with Gasteiger partial charge in [-0.15, -0.1) is 24.0 Å². The highest BCUT2D eigenvalue weighted by Gasteiger charge is 2.24. The molecule has 2 atom stereocenters. The van der Waals surface area contributed by atoms with E-state index >= 15 is 0 Å². The second kappa shape index (κ2) is 13.5. The van der Waals surface area contributed by atoms with Crippen LogP contribution in [-0.2, 0) is 0 Å². The van der Waals surface area contributed by atoms with Crippen molar-refractivity contribution in [3.8, 4) is 0 Å². The van der Waals surface area contributed by atoms with Crippen LogP contribution in [0.5, 0.6) is 0 Å². The normalized spacial score (nSPS) is 21.1. The molecule has 0 amide bonds.